The molecule has 1 fully saturated rings. The van der Waals surface area contributed by atoms with Gasteiger partial charge >= 0.3 is 0 Å². The first-order valence-electron chi connectivity index (χ1n) is 8.27. The number of amides is 1. The van der Waals surface area contributed by atoms with Gasteiger partial charge in [0, 0.05) is 4.88 Å². The van der Waals surface area contributed by atoms with Gasteiger partial charge in [0.1, 0.15) is 0 Å². The Balaban J connectivity index is 1.73. The van der Waals surface area contributed by atoms with Gasteiger partial charge in [-0.25, -0.2) is 0 Å². The molecule has 3 rings (SSSR count). The van der Waals surface area contributed by atoms with Gasteiger partial charge in [-0.1, -0.05) is 25.7 Å². The van der Waals surface area contributed by atoms with Crippen molar-refractivity contribution in [2.75, 3.05) is 6.61 Å². The van der Waals surface area contributed by atoms with Crippen molar-refractivity contribution in [2.45, 2.75) is 69.7 Å². The maximum atomic E-state index is 12.6. The van der Waals surface area contributed by atoms with Crippen LogP contribution in [0.15, 0.2) is 6.07 Å². The second-order valence-corrected chi connectivity index (χ2v) is 7.71. The number of carbonyl (C=O) groups excluding carboxylic acids is 1. The molecule has 0 saturated heterocycles. The highest BCUT2D eigenvalue weighted by Gasteiger charge is 2.33. The Hall–Kier alpha value is -0.870. The van der Waals surface area contributed by atoms with Crippen LogP contribution in [0.3, 0.4) is 0 Å². The molecule has 0 spiro atoms. The number of fused-ring (bicyclic) bond motifs is 1. The van der Waals surface area contributed by atoms with Gasteiger partial charge in [0.2, 0.25) is 0 Å². The minimum Gasteiger partial charge on any atom is -0.394 e. The van der Waals surface area contributed by atoms with E-state index in [-0.39, 0.29) is 18.1 Å². The van der Waals surface area contributed by atoms with Crippen molar-refractivity contribution in [3.05, 3.63) is 21.4 Å². The minimum atomic E-state index is -0.378. The number of aryl methyl sites for hydroxylation is 2. The summed E-state index contributed by atoms with van der Waals surface area (Å²) in [7, 11) is 0. The predicted molar refractivity (Wildman–Crippen MR) is 85.9 cm³/mol. The fourth-order valence-corrected chi connectivity index (χ4v) is 4.78. The molecule has 4 heteroatoms. The topological polar surface area (TPSA) is 49.3 Å². The van der Waals surface area contributed by atoms with E-state index >= 15 is 0 Å². The van der Waals surface area contributed by atoms with Gasteiger partial charge in [-0.3, -0.25) is 4.79 Å². The Bertz CT molecular complexity index is 479. The first kappa shape index (κ1) is 15.0. The Labute approximate surface area is 130 Å². The van der Waals surface area contributed by atoms with Crippen LogP contribution in [0, 0.1) is 0 Å². The average Bonchev–Trinajstić information content (AvgIpc) is 2.79. The zero-order chi connectivity index (χ0) is 14.7. The summed E-state index contributed by atoms with van der Waals surface area (Å²) >= 11 is 1.66. The van der Waals surface area contributed by atoms with Gasteiger partial charge in [-0.05, 0) is 50.2 Å². The number of aliphatic hydroxyl groups is 1. The van der Waals surface area contributed by atoms with Crippen molar-refractivity contribution in [2.24, 2.45) is 0 Å². The maximum absolute atomic E-state index is 12.6. The Kier molecular flexibility index (Phi) is 4.65. The van der Waals surface area contributed by atoms with Crippen molar-refractivity contribution >= 4 is 17.2 Å². The standard InChI is InChI=1S/C17H25NO2S/c19-12-17(9-5-2-6-10-17)18-16(20)15-11-13-7-3-1-4-8-14(13)21-15/h11,19H,1-10,12H2,(H,18,20). The van der Waals surface area contributed by atoms with Crippen LogP contribution in [-0.2, 0) is 12.8 Å². The van der Waals surface area contributed by atoms with Crippen LogP contribution in [-0.4, -0.2) is 23.2 Å². The molecule has 3 nitrogen and oxygen atoms in total. The third kappa shape index (κ3) is 3.32. The molecule has 116 valence electrons. The van der Waals surface area contributed by atoms with Crippen molar-refractivity contribution < 1.29 is 9.90 Å². The molecule has 0 bridgehead atoms. The fraction of sp³-hybridized carbons (Fsp3) is 0.706. The lowest BCUT2D eigenvalue weighted by Crippen LogP contribution is -2.52. The third-order valence-corrected chi connectivity index (χ3v) is 6.20. The van der Waals surface area contributed by atoms with E-state index in [1.54, 1.807) is 11.3 Å². The summed E-state index contributed by atoms with van der Waals surface area (Å²) in [6.45, 7) is 0.0594. The normalized spacial score (nSPS) is 21.4. The van der Waals surface area contributed by atoms with E-state index in [0.717, 1.165) is 43.4 Å². The second kappa shape index (κ2) is 6.49. The fourth-order valence-electron chi connectivity index (χ4n) is 3.63. The van der Waals surface area contributed by atoms with Crippen LogP contribution in [0.2, 0.25) is 0 Å². The molecule has 0 unspecified atom stereocenters. The molecule has 0 aliphatic heterocycles. The first-order chi connectivity index (χ1) is 10.2. The minimum absolute atomic E-state index is 0.0176. The van der Waals surface area contributed by atoms with Crippen molar-refractivity contribution in [3.8, 4) is 0 Å². The largest absolute Gasteiger partial charge is 0.394 e. The van der Waals surface area contributed by atoms with Crippen LogP contribution >= 0.6 is 11.3 Å². The number of aliphatic hydroxyl groups excluding tert-OH is 1. The number of nitrogens with one attached hydrogen (secondary N) is 1. The van der Waals surface area contributed by atoms with Gasteiger partial charge in [0.25, 0.3) is 5.91 Å². The zero-order valence-electron chi connectivity index (χ0n) is 12.6. The van der Waals surface area contributed by atoms with Gasteiger partial charge in [-0.15, -0.1) is 11.3 Å². The van der Waals surface area contributed by atoms with E-state index in [9.17, 15) is 9.90 Å². The number of hydrogen-bond acceptors (Lipinski definition) is 3. The average molecular weight is 307 g/mol. The molecule has 2 aliphatic rings. The predicted octanol–water partition coefficient (Wildman–Crippen LogP) is 3.44. The first-order valence-corrected chi connectivity index (χ1v) is 9.09. The summed E-state index contributed by atoms with van der Waals surface area (Å²) in [6, 6.07) is 2.09. The molecular weight excluding hydrogens is 282 g/mol. The summed E-state index contributed by atoms with van der Waals surface area (Å²) in [6.07, 6.45) is 11.2. The molecular formula is C17H25NO2S. The highest BCUT2D eigenvalue weighted by Crippen LogP contribution is 2.31. The van der Waals surface area contributed by atoms with Gasteiger partial charge in [-0.2, -0.15) is 0 Å². The molecule has 0 aromatic carbocycles. The molecule has 1 amide bonds. The number of thiophene rings is 1. The number of rotatable bonds is 3. The zero-order valence-corrected chi connectivity index (χ0v) is 13.4. The summed E-state index contributed by atoms with van der Waals surface area (Å²) in [5.41, 5.74) is 1.00. The summed E-state index contributed by atoms with van der Waals surface area (Å²) in [5, 5.41) is 12.9. The maximum Gasteiger partial charge on any atom is 0.261 e. The molecule has 0 radical (unpaired) electrons. The number of carbonyl (C=O) groups is 1. The third-order valence-electron chi connectivity index (χ3n) is 4.96. The molecule has 1 heterocycles. The van der Waals surface area contributed by atoms with E-state index in [0.29, 0.717) is 0 Å². The SMILES string of the molecule is O=C(NC1(CO)CCCCC1)c1cc2c(s1)CCCCC2. The quantitative estimate of drug-likeness (QED) is 0.840. The highest BCUT2D eigenvalue weighted by atomic mass is 32.1. The van der Waals surface area contributed by atoms with Gasteiger partial charge in [0.05, 0.1) is 17.0 Å². The van der Waals surface area contributed by atoms with Crippen molar-refractivity contribution in [1.29, 1.82) is 0 Å². The highest BCUT2D eigenvalue weighted by molar-refractivity contribution is 7.14. The molecule has 1 aromatic rings. The lowest BCUT2D eigenvalue weighted by molar-refractivity contribution is 0.0762. The van der Waals surface area contributed by atoms with Crippen LogP contribution in [0.5, 0.6) is 0 Å². The Morgan fingerprint density at radius 3 is 2.62 bits per heavy atom. The van der Waals surface area contributed by atoms with Crippen LogP contribution in [0.4, 0.5) is 0 Å². The molecule has 1 aromatic heterocycles. The molecule has 2 aliphatic carbocycles. The van der Waals surface area contributed by atoms with E-state index in [4.69, 9.17) is 0 Å². The van der Waals surface area contributed by atoms with Crippen LogP contribution in [0.1, 0.15) is 71.5 Å². The monoisotopic (exact) mass is 307 g/mol. The summed E-state index contributed by atoms with van der Waals surface area (Å²) < 4.78 is 0. The van der Waals surface area contributed by atoms with Crippen molar-refractivity contribution in [1.82, 2.24) is 5.32 Å². The lowest BCUT2D eigenvalue weighted by Gasteiger charge is -2.36. The van der Waals surface area contributed by atoms with E-state index in [1.165, 1.54) is 36.1 Å². The smallest absolute Gasteiger partial charge is 0.261 e. The van der Waals surface area contributed by atoms with E-state index < -0.39 is 0 Å². The summed E-state index contributed by atoms with van der Waals surface area (Å²) in [5.74, 6) is 0.0176. The molecule has 0 atom stereocenters. The Morgan fingerprint density at radius 2 is 1.86 bits per heavy atom. The van der Waals surface area contributed by atoms with Gasteiger partial charge in [0.15, 0.2) is 0 Å². The van der Waals surface area contributed by atoms with Crippen LogP contribution < -0.4 is 5.32 Å². The number of hydrogen-bond donors (Lipinski definition) is 2. The molecule has 2 N–H and O–H groups in total. The summed E-state index contributed by atoms with van der Waals surface area (Å²) in [4.78, 5) is 14.8. The molecule has 21 heavy (non-hydrogen) atoms. The van der Waals surface area contributed by atoms with Gasteiger partial charge < -0.3 is 10.4 Å². The van der Waals surface area contributed by atoms with E-state index in [2.05, 4.69) is 11.4 Å². The molecule has 1 saturated carbocycles. The van der Waals surface area contributed by atoms with E-state index in [1.807, 2.05) is 0 Å². The second-order valence-electron chi connectivity index (χ2n) is 6.57. The van der Waals surface area contributed by atoms with Crippen molar-refractivity contribution in [3.63, 3.8) is 0 Å². The lowest BCUT2D eigenvalue weighted by atomic mass is 9.82. The van der Waals surface area contributed by atoms with Crippen LogP contribution in [0.25, 0.3) is 0 Å². The Morgan fingerprint density at radius 1 is 1.14 bits per heavy atom.